The van der Waals surface area contributed by atoms with Gasteiger partial charge in [0.2, 0.25) is 0 Å². The molecule has 1 fully saturated rings. The third-order valence-electron chi connectivity index (χ3n) is 4.01. The maximum absolute atomic E-state index is 11.1. The van der Waals surface area contributed by atoms with Gasteiger partial charge < -0.3 is 9.53 Å². The zero-order valence-electron chi connectivity index (χ0n) is 12.9. The summed E-state index contributed by atoms with van der Waals surface area (Å²) in [6.07, 6.45) is 0.692. The molecule has 0 bridgehead atoms. The number of benzene rings is 1. The molecule has 19 heavy (non-hydrogen) atoms. The van der Waals surface area contributed by atoms with Crippen molar-refractivity contribution in [3.8, 4) is 0 Å². The Kier molecular flexibility index (Phi) is 3.24. The molecule has 3 heteroatoms. The van der Waals surface area contributed by atoms with Crippen molar-refractivity contribution < 1.29 is 9.53 Å². The Labute approximate surface area is 117 Å². The van der Waals surface area contributed by atoms with Crippen molar-refractivity contribution in [3.63, 3.8) is 0 Å². The smallest absolute Gasteiger partial charge is 0.185 e. The van der Waals surface area contributed by atoms with Gasteiger partial charge in [0.15, 0.2) is 8.32 Å². The second-order valence-corrected chi connectivity index (χ2v) is 12.1. The van der Waals surface area contributed by atoms with Gasteiger partial charge in [-0.3, -0.25) is 0 Å². The van der Waals surface area contributed by atoms with E-state index in [1.807, 2.05) is 18.2 Å². The van der Waals surface area contributed by atoms with E-state index in [1.165, 1.54) is 0 Å². The van der Waals surface area contributed by atoms with Gasteiger partial charge in [0.1, 0.15) is 11.2 Å². The van der Waals surface area contributed by atoms with Crippen LogP contribution in [0.25, 0.3) is 0 Å². The van der Waals surface area contributed by atoms with Crippen LogP contribution in [0.1, 0.15) is 32.8 Å². The summed E-state index contributed by atoms with van der Waals surface area (Å²) in [7, 11) is -1.74. The first-order valence-electron chi connectivity index (χ1n) is 7.00. The van der Waals surface area contributed by atoms with Gasteiger partial charge >= 0.3 is 0 Å². The van der Waals surface area contributed by atoms with Crippen LogP contribution in [0.5, 0.6) is 0 Å². The lowest BCUT2D eigenvalue weighted by Crippen LogP contribution is -2.43. The number of rotatable bonds is 3. The topological polar surface area (TPSA) is 29.5 Å². The van der Waals surface area contributed by atoms with Gasteiger partial charge in [-0.05, 0) is 30.6 Å². The van der Waals surface area contributed by atoms with Crippen molar-refractivity contribution >= 4 is 8.32 Å². The average Bonchev–Trinajstić information content (AvgIpc) is 2.85. The lowest BCUT2D eigenvalue weighted by Gasteiger charge is -2.36. The maximum atomic E-state index is 11.1. The van der Waals surface area contributed by atoms with Gasteiger partial charge in [-0.1, -0.05) is 51.1 Å². The normalized spacial score (nSPS) is 31.3. The molecule has 0 spiro atoms. The largest absolute Gasteiger partial charge is 0.405 e. The molecule has 1 aromatic carbocycles. The van der Waals surface area contributed by atoms with Crippen LogP contribution in [0, 0.1) is 5.41 Å². The van der Waals surface area contributed by atoms with Gasteiger partial charge in [0, 0.05) is 6.42 Å². The molecule has 0 amide bonds. The Bertz CT molecular complexity index is 458. The fourth-order valence-corrected chi connectivity index (χ4v) is 4.34. The highest BCUT2D eigenvalue weighted by Gasteiger charge is 2.74. The molecule has 106 valence electrons. The Hall–Kier alpha value is -0.643. The summed E-state index contributed by atoms with van der Waals surface area (Å²) in [5.74, 6) is 0. The molecule has 0 heterocycles. The summed E-state index contributed by atoms with van der Waals surface area (Å²) in [6, 6.07) is 10.2. The Balaban J connectivity index is 2.45. The molecular formula is C16H26O2Si. The summed E-state index contributed by atoms with van der Waals surface area (Å²) >= 11 is 0. The van der Waals surface area contributed by atoms with E-state index in [0.717, 1.165) is 5.56 Å². The molecular weight excluding hydrogens is 252 g/mol. The molecule has 0 unspecified atom stereocenters. The van der Waals surface area contributed by atoms with E-state index < -0.39 is 19.5 Å². The molecule has 1 aliphatic rings. The molecule has 2 nitrogen and oxygen atoms in total. The molecule has 2 atom stereocenters. The molecule has 0 aromatic heterocycles. The third-order valence-corrected chi connectivity index (χ3v) is 4.97. The predicted molar refractivity (Wildman–Crippen MR) is 81.6 cm³/mol. The van der Waals surface area contributed by atoms with Crippen LogP contribution < -0.4 is 0 Å². The quantitative estimate of drug-likeness (QED) is 0.849. The van der Waals surface area contributed by atoms with E-state index in [1.54, 1.807) is 0 Å². The van der Waals surface area contributed by atoms with E-state index in [0.29, 0.717) is 6.42 Å². The van der Waals surface area contributed by atoms with E-state index in [9.17, 15) is 5.11 Å². The van der Waals surface area contributed by atoms with Crippen LogP contribution in [0.2, 0.25) is 19.6 Å². The molecule has 0 saturated heterocycles. The highest BCUT2D eigenvalue weighted by atomic mass is 28.4. The summed E-state index contributed by atoms with van der Waals surface area (Å²) < 4.78 is 6.45. The first-order chi connectivity index (χ1) is 8.52. The van der Waals surface area contributed by atoms with Crippen molar-refractivity contribution in [3.05, 3.63) is 35.9 Å². The standard InChI is InChI=1S/C16H26O2Si/c1-14(2,3)16(17)12-15(16,18-19(4,5)6)13-10-8-7-9-11-13/h7-11,17H,12H2,1-6H3/t15-,16+/m0/s1. The lowest BCUT2D eigenvalue weighted by atomic mass is 9.83. The van der Waals surface area contributed by atoms with Crippen molar-refractivity contribution in [2.45, 2.75) is 58.0 Å². The fourth-order valence-electron chi connectivity index (χ4n) is 2.94. The van der Waals surface area contributed by atoms with Crippen LogP contribution in [-0.4, -0.2) is 19.0 Å². The summed E-state index contributed by atoms with van der Waals surface area (Å²) in [4.78, 5) is 0. The number of aliphatic hydroxyl groups is 1. The van der Waals surface area contributed by atoms with Crippen LogP contribution in [0.4, 0.5) is 0 Å². The molecule has 1 aliphatic carbocycles. The first kappa shape index (κ1) is 14.8. The third kappa shape index (κ3) is 2.39. The van der Waals surface area contributed by atoms with Crippen LogP contribution >= 0.6 is 0 Å². The second-order valence-electron chi connectivity index (χ2n) is 7.69. The van der Waals surface area contributed by atoms with Gasteiger partial charge in [0.25, 0.3) is 0 Å². The molecule has 0 aliphatic heterocycles. The van der Waals surface area contributed by atoms with Crippen LogP contribution in [0.3, 0.4) is 0 Å². The highest BCUT2D eigenvalue weighted by molar-refractivity contribution is 6.69. The van der Waals surface area contributed by atoms with Crippen molar-refractivity contribution in [1.82, 2.24) is 0 Å². The summed E-state index contributed by atoms with van der Waals surface area (Å²) in [5.41, 5.74) is -0.379. The highest BCUT2D eigenvalue weighted by Crippen LogP contribution is 2.66. The fraction of sp³-hybridized carbons (Fsp3) is 0.625. The van der Waals surface area contributed by atoms with Crippen molar-refractivity contribution in [2.24, 2.45) is 5.41 Å². The zero-order valence-corrected chi connectivity index (χ0v) is 13.9. The number of hydrogen-bond acceptors (Lipinski definition) is 2. The Morgan fingerprint density at radius 1 is 1.11 bits per heavy atom. The number of hydrogen-bond donors (Lipinski definition) is 1. The SMILES string of the molecule is CC(C)(C)[C@]1(O)C[C@]1(O[Si](C)(C)C)c1ccccc1. The molecule has 1 N–H and O–H groups in total. The molecule has 2 rings (SSSR count). The van der Waals surface area contributed by atoms with Gasteiger partial charge in [0.05, 0.1) is 0 Å². The second kappa shape index (κ2) is 4.17. The average molecular weight is 278 g/mol. The van der Waals surface area contributed by atoms with Crippen molar-refractivity contribution in [1.29, 1.82) is 0 Å². The lowest BCUT2D eigenvalue weighted by molar-refractivity contribution is -0.0412. The Morgan fingerprint density at radius 3 is 2.00 bits per heavy atom. The van der Waals surface area contributed by atoms with E-state index in [2.05, 4.69) is 52.5 Å². The summed E-state index contributed by atoms with van der Waals surface area (Å²) in [6.45, 7) is 12.8. The monoisotopic (exact) mass is 278 g/mol. The summed E-state index contributed by atoms with van der Waals surface area (Å²) in [5, 5.41) is 11.1. The maximum Gasteiger partial charge on any atom is 0.185 e. The Morgan fingerprint density at radius 2 is 1.63 bits per heavy atom. The van der Waals surface area contributed by atoms with Crippen LogP contribution in [0.15, 0.2) is 30.3 Å². The predicted octanol–water partition coefficient (Wildman–Crippen LogP) is 3.91. The van der Waals surface area contributed by atoms with Gasteiger partial charge in [-0.2, -0.15) is 0 Å². The van der Waals surface area contributed by atoms with Gasteiger partial charge in [-0.25, -0.2) is 0 Å². The van der Waals surface area contributed by atoms with Crippen molar-refractivity contribution in [2.75, 3.05) is 0 Å². The zero-order chi connectivity index (χ0) is 14.5. The minimum Gasteiger partial charge on any atom is -0.405 e. The minimum absolute atomic E-state index is 0.192. The minimum atomic E-state index is -1.74. The molecule has 0 radical (unpaired) electrons. The van der Waals surface area contributed by atoms with E-state index in [-0.39, 0.29) is 5.41 Å². The van der Waals surface area contributed by atoms with Crippen LogP contribution in [-0.2, 0) is 10.0 Å². The van der Waals surface area contributed by atoms with E-state index in [4.69, 9.17) is 4.43 Å². The first-order valence-corrected chi connectivity index (χ1v) is 10.4. The molecule has 1 aromatic rings. The van der Waals surface area contributed by atoms with Gasteiger partial charge in [-0.15, -0.1) is 0 Å². The van der Waals surface area contributed by atoms with E-state index >= 15 is 0 Å². The molecule has 1 saturated carbocycles.